The van der Waals surface area contributed by atoms with E-state index in [1.165, 1.54) is 10.9 Å². The number of nitrogen functional groups attached to an aromatic ring is 1. The van der Waals surface area contributed by atoms with Crippen molar-refractivity contribution in [2.75, 3.05) is 5.73 Å². The van der Waals surface area contributed by atoms with Crippen molar-refractivity contribution in [1.29, 1.82) is 0 Å². The Kier molecular flexibility index (Phi) is 3.08. The van der Waals surface area contributed by atoms with E-state index in [9.17, 15) is 0 Å². The molecule has 1 heterocycles. The van der Waals surface area contributed by atoms with E-state index >= 15 is 0 Å². The molecule has 0 spiro atoms. The molecule has 0 saturated heterocycles. The molecule has 0 fully saturated rings. The molecule has 0 aliphatic heterocycles. The van der Waals surface area contributed by atoms with Crippen LogP contribution in [0.15, 0.2) is 17.9 Å². The number of aromatic nitrogens is 2. The summed E-state index contributed by atoms with van der Waals surface area (Å²) in [4.78, 5) is 3.98. The zero-order chi connectivity index (χ0) is 9.84. The maximum absolute atomic E-state index is 5.77. The molecule has 4 nitrogen and oxygen atoms in total. The lowest BCUT2D eigenvalue weighted by Crippen LogP contribution is -2.00. The van der Waals surface area contributed by atoms with Crippen molar-refractivity contribution < 1.29 is 0 Å². The summed E-state index contributed by atoms with van der Waals surface area (Å²) >= 11 is 5.77. The molecule has 2 N–H and O–H groups in total. The van der Waals surface area contributed by atoms with Gasteiger partial charge in [0, 0.05) is 0 Å². The summed E-state index contributed by atoms with van der Waals surface area (Å²) in [6.07, 6.45) is 3.75. The Bertz CT molecular complexity index is 340. The van der Waals surface area contributed by atoms with Crippen LogP contribution in [0.1, 0.15) is 19.2 Å². The lowest BCUT2D eigenvalue weighted by atomic mass is 10.5. The molecule has 1 aromatic rings. The Labute approximate surface area is 81.7 Å². The summed E-state index contributed by atoms with van der Waals surface area (Å²) in [5.41, 5.74) is 5.61. The second-order valence-corrected chi connectivity index (χ2v) is 2.82. The van der Waals surface area contributed by atoms with Crippen LogP contribution in [0.25, 0.3) is 6.08 Å². The smallest absolute Gasteiger partial charge is 0.155 e. The lowest BCUT2D eigenvalue weighted by Gasteiger charge is -1.99. The van der Waals surface area contributed by atoms with Crippen LogP contribution in [0.3, 0.4) is 0 Å². The topological polar surface area (TPSA) is 56.2 Å². The molecule has 1 rings (SSSR count). The van der Waals surface area contributed by atoms with E-state index < -0.39 is 0 Å². The predicted octanol–water partition coefficient (Wildman–Crippen LogP) is 1.92. The summed E-state index contributed by atoms with van der Waals surface area (Å²) in [6.45, 7) is 5.50. The first kappa shape index (κ1) is 9.80. The quantitative estimate of drug-likeness (QED) is 0.755. The molecule has 1 aromatic heterocycles. The normalized spacial score (nSPS) is 11.7. The van der Waals surface area contributed by atoms with E-state index in [0.717, 1.165) is 0 Å². The van der Waals surface area contributed by atoms with Crippen molar-refractivity contribution >= 4 is 28.7 Å². The fourth-order valence-electron chi connectivity index (χ4n) is 0.801. The fourth-order valence-corrected chi connectivity index (χ4v) is 0.877. The molecular formula is C8H11ClN4. The number of anilines is 1. The zero-order valence-corrected chi connectivity index (χ0v) is 8.12. The number of hydrogen-bond donors (Lipinski definition) is 1. The zero-order valence-electron chi connectivity index (χ0n) is 7.37. The molecule has 0 unspecified atom stereocenters. The Hall–Kier alpha value is -1.29. The maximum atomic E-state index is 5.77. The van der Waals surface area contributed by atoms with Gasteiger partial charge in [0.1, 0.15) is 11.0 Å². The van der Waals surface area contributed by atoms with Gasteiger partial charge < -0.3 is 5.73 Å². The Balaban J connectivity index is 3.11. The van der Waals surface area contributed by atoms with Crippen molar-refractivity contribution in [2.24, 2.45) is 5.10 Å². The molecule has 0 aliphatic rings. The lowest BCUT2D eigenvalue weighted by molar-refractivity contribution is 0.870. The molecular weight excluding hydrogens is 188 g/mol. The van der Waals surface area contributed by atoms with Crippen LogP contribution in [0.4, 0.5) is 5.82 Å². The number of hydrogen-bond acceptors (Lipinski definition) is 3. The first-order chi connectivity index (χ1) is 6.19. The molecule has 0 radical (unpaired) electrons. The third-order valence-corrected chi connectivity index (χ3v) is 1.82. The van der Waals surface area contributed by atoms with Gasteiger partial charge in [0.2, 0.25) is 0 Å². The summed E-state index contributed by atoms with van der Waals surface area (Å²) in [7, 11) is 0. The van der Waals surface area contributed by atoms with Gasteiger partial charge in [0.15, 0.2) is 5.82 Å². The minimum Gasteiger partial charge on any atom is -0.382 e. The van der Waals surface area contributed by atoms with Gasteiger partial charge in [0.25, 0.3) is 0 Å². The van der Waals surface area contributed by atoms with Gasteiger partial charge in [-0.3, -0.25) is 0 Å². The monoisotopic (exact) mass is 198 g/mol. The van der Waals surface area contributed by atoms with Crippen LogP contribution < -0.4 is 5.73 Å². The third-order valence-electron chi connectivity index (χ3n) is 1.47. The van der Waals surface area contributed by atoms with Crippen molar-refractivity contribution in [3.8, 4) is 0 Å². The average Bonchev–Trinajstić information content (AvgIpc) is 2.48. The number of rotatable bonds is 3. The van der Waals surface area contributed by atoms with E-state index in [0.29, 0.717) is 23.2 Å². The molecule has 0 atom stereocenters. The third kappa shape index (κ3) is 2.09. The molecule has 13 heavy (non-hydrogen) atoms. The summed E-state index contributed by atoms with van der Waals surface area (Å²) in [6, 6.07) is 0. The van der Waals surface area contributed by atoms with Crippen LogP contribution in [0, 0.1) is 0 Å². The minimum atomic E-state index is 0.446. The standard InChI is InChI=1S/C8H11ClN4/c1-3-6(9)12-13-7(10)5-11-8(13)4-2/h4-5H,2-3,10H2,1H3/b12-6+. The molecule has 0 bridgehead atoms. The van der Waals surface area contributed by atoms with Gasteiger partial charge >= 0.3 is 0 Å². The average molecular weight is 199 g/mol. The van der Waals surface area contributed by atoms with Gasteiger partial charge in [-0.15, -0.1) is 0 Å². The second-order valence-electron chi connectivity index (χ2n) is 2.39. The minimum absolute atomic E-state index is 0.446. The van der Waals surface area contributed by atoms with Gasteiger partial charge in [-0.2, -0.15) is 9.78 Å². The van der Waals surface area contributed by atoms with Crippen LogP contribution in [0.5, 0.6) is 0 Å². The first-order valence-corrected chi connectivity index (χ1v) is 4.25. The number of imidazole rings is 1. The second kappa shape index (κ2) is 4.09. The summed E-state index contributed by atoms with van der Waals surface area (Å²) in [5.74, 6) is 1.03. The maximum Gasteiger partial charge on any atom is 0.155 e. The SMILES string of the molecule is C=Cc1ncc(N)n1/N=C(/Cl)CC. The van der Waals surface area contributed by atoms with E-state index in [-0.39, 0.29) is 0 Å². The van der Waals surface area contributed by atoms with E-state index in [2.05, 4.69) is 16.7 Å². The van der Waals surface area contributed by atoms with Crippen LogP contribution >= 0.6 is 11.6 Å². The Morgan fingerprint density at radius 2 is 2.62 bits per heavy atom. The molecule has 0 amide bonds. The van der Waals surface area contributed by atoms with Crippen LogP contribution in [-0.4, -0.2) is 14.8 Å². The Morgan fingerprint density at radius 3 is 3.15 bits per heavy atom. The molecule has 5 heteroatoms. The van der Waals surface area contributed by atoms with Crippen molar-refractivity contribution in [1.82, 2.24) is 9.66 Å². The highest BCUT2D eigenvalue weighted by Crippen LogP contribution is 2.09. The van der Waals surface area contributed by atoms with Crippen molar-refractivity contribution in [3.63, 3.8) is 0 Å². The number of nitrogens with zero attached hydrogens (tertiary/aromatic N) is 3. The molecule has 70 valence electrons. The van der Waals surface area contributed by atoms with E-state index in [1.807, 2.05) is 6.92 Å². The van der Waals surface area contributed by atoms with Crippen LogP contribution in [-0.2, 0) is 0 Å². The van der Waals surface area contributed by atoms with E-state index in [1.54, 1.807) is 6.08 Å². The largest absolute Gasteiger partial charge is 0.382 e. The fraction of sp³-hybridized carbons (Fsp3) is 0.250. The van der Waals surface area contributed by atoms with Gasteiger partial charge in [-0.05, 0) is 12.5 Å². The molecule has 0 aromatic carbocycles. The van der Waals surface area contributed by atoms with Crippen molar-refractivity contribution in [3.05, 3.63) is 18.6 Å². The summed E-state index contributed by atoms with van der Waals surface area (Å²) in [5, 5.41) is 4.53. The predicted molar refractivity (Wildman–Crippen MR) is 55.7 cm³/mol. The molecule has 0 saturated carbocycles. The van der Waals surface area contributed by atoms with Gasteiger partial charge in [-0.1, -0.05) is 25.1 Å². The highest BCUT2D eigenvalue weighted by atomic mass is 35.5. The summed E-state index contributed by atoms with van der Waals surface area (Å²) < 4.78 is 1.46. The first-order valence-electron chi connectivity index (χ1n) is 3.88. The highest BCUT2D eigenvalue weighted by Gasteiger charge is 2.03. The number of nitrogens with two attached hydrogens (primary N) is 1. The van der Waals surface area contributed by atoms with Gasteiger partial charge in [-0.25, -0.2) is 4.98 Å². The van der Waals surface area contributed by atoms with E-state index in [4.69, 9.17) is 17.3 Å². The molecule has 0 aliphatic carbocycles. The van der Waals surface area contributed by atoms with Crippen LogP contribution in [0.2, 0.25) is 0 Å². The Morgan fingerprint density at radius 1 is 1.92 bits per heavy atom. The van der Waals surface area contributed by atoms with Crippen molar-refractivity contribution in [2.45, 2.75) is 13.3 Å². The van der Waals surface area contributed by atoms with Gasteiger partial charge in [0.05, 0.1) is 6.20 Å². The number of halogens is 1. The highest BCUT2D eigenvalue weighted by molar-refractivity contribution is 6.65.